The van der Waals surface area contributed by atoms with Crippen LogP contribution in [0.1, 0.15) is 37.3 Å². The second-order valence-electron chi connectivity index (χ2n) is 4.37. The zero-order chi connectivity index (χ0) is 15.3. The molecule has 0 aliphatic carbocycles. The van der Waals surface area contributed by atoms with Gasteiger partial charge in [-0.3, -0.25) is 9.59 Å². The molecular weight excluding hydrogens is 276 g/mol. The number of alkyl halides is 3. The molecule has 0 unspecified atom stereocenters. The van der Waals surface area contributed by atoms with Gasteiger partial charge in [-0.15, -0.1) is 0 Å². The van der Waals surface area contributed by atoms with Crippen LogP contribution in [-0.4, -0.2) is 11.6 Å². The first kappa shape index (κ1) is 16.3. The highest BCUT2D eigenvalue weighted by Crippen LogP contribution is 2.33. The van der Waals surface area contributed by atoms with Crippen molar-refractivity contribution >= 4 is 11.6 Å². The van der Waals surface area contributed by atoms with Crippen LogP contribution in [0.5, 0.6) is 0 Å². The fraction of sp³-hybridized carbons (Fsp3) is 0.429. The molecule has 0 amide bonds. The molecule has 0 aliphatic rings. The minimum absolute atomic E-state index is 0.0227. The number of ketones is 2. The Hall–Kier alpha value is -1.72. The van der Waals surface area contributed by atoms with Crippen LogP contribution < -0.4 is 0 Å². The number of carbonyl (C=O) groups is 2. The Morgan fingerprint density at radius 1 is 1.10 bits per heavy atom. The molecule has 1 aromatic carbocycles. The molecule has 0 heterocycles. The third kappa shape index (κ3) is 4.43. The summed E-state index contributed by atoms with van der Waals surface area (Å²) in [5.41, 5.74) is -1.80. The van der Waals surface area contributed by atoms with Crippen molar-refractivity contribution < 1.29 is 27.2 Å². The van der Waals surface area contributed by atoms with Gasteiger partial charge in [-0.25, -0.2) is 4.39 Å². The monoisotopic (exact) mass is 290 g/mol. The van der Waals surface area contributed by atoms with Gasteiger partial charge in [-0.05, 0) is 12.1 Å². The van der Waals surface area contributed by atoms with E-state index in [0.29, 0.717) is 0 Å². The van der Waals surface area contributed by atoms with E-state index in [1.165, 1.54) is 0 Å². The van der Waals surface area contributed by atoms with Crippen molar-refractivity contribution in [3.63, 3.8) is 0 Å². The molecule has 0 spiro atoms. The molecule has 0 bridgehead atoms. The number of rotatable bonds is 6. The first-order chi connectivity index (χ1) is 9.25. The topological polar surface area (TPSA) is 34.1 Å². The molecule has 1 rings (SSSR count). The summed E-state index contributed by atoms with van der Waals surface area (Å²) in [6.45, 7) is 1.63. The van der Waals surface area contributed by atoms with Gasteiger partial charge in [0, 0.05) is 31.2 Å². The Morgan fingerprint density at radius 3 is 2.25 bits per heavy atom. The number of benzene rings is 1. The lowest BCUT2D eigenvalue weighted by atomic mass is 9.98. The minimum Gasteiger partial charge on any atom is -0.300 e. The second kappa shape index (κ2) is 6.63. The van der Waals surface area contributed by atoms with E-state index < -0.39 is 35.3 Å². The van der Waals surface area contributed by atoms with Crippen molar-refractivity contribution in [2.45, 2.75) is 38.8 Å². The van der Waals surface area contributed by atoms with E-state index in [1.807, 2.05) is 0 Å². The van der Waals surface area contributed by atoms with Crippen LogP contribution in [0.25, 0.3) is 0 Å². The summed E-state index contributed by atoms with van der Waals surface area (Å²) in [6, 6.07) is 2.57. The highest BCUT2D eigenvalue weighted by atomic mass is 19.4. The molecule has 0 N–H and O–H groups in total. The SMILES string of the molecule is CCC(=O)CCC(=O)Cc1c(F)cccc1C(F)(F)F. The zero-order valence-corrected chi connectivity index (χ0v) is 10.9. The van der Waals surface area contributed by atoms with E-state index in [4.69, 9.17) is 0 Å². The van der Waals surface area contributed by atoms with Crippen LogP contribution in [0.4, 0.5) is 17.6 Å². The van der Waals surface area contributed by atoms with Crippen LogP contribution in [0.2, 0.25) is 0 Å². The largest absolute Gasteiger partial charge is 0.416 e. The Bertz CT molecular complexity index is 506. The van der Waals surface area contributed by atoms with Gasteiger partial charge in [0.15, 0.2) is 0 Å². The van der Waals surface area contributed by atoms with Crippen molar-refractivity contribution in [1.82, 2.24) is 0 Å². The van der Waals surface area contributed by atoms with Gasteiger partial charge in [-0.2, -0.15) is 13.2 Å². The lowest BCUT2D eigenvalue weighted by Gasteiger charge is -2.13. The zero-order valence-electron chi connectivity index (χ0n) is 10.9. The van der Waals surface area contributed by atoms with E-state index in [0.717, 1.165) is 18.2 Å². The van der Waals surface area contributed by atoms with Crippen LogP contribution in [0.3, 0.4) is 0 Å². The first-order valence-corrected chi connectivity index (χ1v) is 6.13. The molecule has 6 heteroatoms. The number of halogens is 4. The van der Waals surface area contributed by atoms with Gasteiger partial charge in [0.05, 0.1) is 5.56 Å². The molecule has 0 saturated carbocycles. The van der Waals surface area contributed by atoms with Crippen molar-refractivity contribution in [1.29, 1.82) is 0 Å². The van der Waals surface area contributed by atoms with Gasteiger partial charge in [0.2, 0.25) is 0 Å². The third-order valence-corrected chi connectivity index (χ3v) is 2.88. The molecule has 0 saturated heterocycles. The number of hydrogen-bond donors (Lipinski definition) is 0. The van der Waals surface area contributed by atoms with Crippen LogP contribution in [0.15, 0.2) is 18.2 Å². The van der Waals surface area contributed by atoms with E-state index >= 15 is 0 Å². The minimum atomic E-state index is -4.71. The van der Waals surface area contributed by atoms with Gasteiger partial charge in [0.25, 0.3) is 0 Å². The lowest BCUT2D eigenvalue weighted by molar-refractivity contribution is -0.138. The highest BCUT2D eigenvalue weighted by Gasteiger charge is 2.34. The molecule has 0 radical (unpaired) electrons. The molecule has 1 aromatic rings. The lowest BCUT2D eigenvalue weighted by Crippen LogP contribution is -2.15. The maximum absolute atomic E-state index is 13.5. The first-order valence-electron chi connectivity index (χ1n) is 6.13. The fourth-order valence-corrected chi connectivity index (χ4v) is 1.75. The average Bonchev–Trinajstić information content (AvgIpc) is 2.37. The Balaban J connectivity index is 2.87. The Kier molecular flexibility index (Phi) is 5.42. The summed E-state index contributed by atoms with van der Waals surface area (Å²) in [5.74, 6) is -1.79. The Morgan fingerprint density at radius 2 is 1.70 bits per heavy atom. The summed E-state index contributed by atoms with van der Waals surface area (Å²) in [6.07, 6.45) is -5.29. The predicted octanol–water partition coefficient (Wildman–Crippen LogP) is 3.72. The van der Waals surface area contributed by atoms with Gasteiger partial charge < -0.3 is 0 Å². The van der Waals surface area contributed by atoms with E-state index in [9.17, 15) is 27.2 Å². The predicted molar refractivity (Wildman–Crippen MR) is 64.6 cm³/mol. The number of hydrogen-bond acceptors (Lipinski definition) is 2. The third-order valence-electron chi connectivity index (χ3n) is 2.88. The molecule has 0 aromatic heterocycles. The van der Waals surface area contributed by atoms with Crippen molar-refractivity contribution in [3.05, 3.63) is 35.1 Å². The molecule has 110 valence electrons. The van der Waals surface area contributed by atoms with Gasteiger partial charge in [-0.1, -0.05) is 13.0 Å². The van der Waals surface area contributed by atoms with E-state index in [-0.39, 0.29) is 25.0 Å². The maximum Gasteiger partial charge on any atom is 0.416 e. The molecule has 20 heavy (non-hydrogen) atoms. The highest BCUT2D eigenvalue weighted by molar-refractivity contribution is 5.87. The van der Waals surface area contributed by atoms with E-state index in [1.54, 1.807) is 6.92 Å². The number of Topliss-reactive ketones (excluding diaryl/α,β-unsaturated/α-hetero) is 2. The molecule has 0 atom stereocenters. The standard InChI is InChI=1S/C14H14F4O2/c1-2-9(19)6-7-10(20)8-11-12(14(16,17)18)4-3-5-13(11)15/h3-5H,2,6-8H2,1H3. The number of carbonyl (C=O) groups excluding carboxylic acids is 2. The van der Waals surface area contributed by atoms with Crippen molar-refractivity contribution in [3.8, 4) is 0 Å². The quantitative estimate of drug-likeness (QED) is 0.748. The molecule has 0 fully saturated rings. The summed E-state index contributed by atoms with van der Waals surface area (Å²) in [7, 11) is 0. The second-order valence-corrected chi connectivity index (χ2v) is 4.37. The summed E-state index contributed by atoms with van der Waals surface area (Å²) in [4.78, 5) is 22.6. The van der Waals surface area contributed by atoms with Crippen molar-refractivity contribution in [2.75, 3.05) is 0 Å². The van der Waals surface area contributed by atoms with Crippen LogP contribution >= 0.6 is 0 Å². The van der Waals surface area contributed by atoms with Gasteiger partial charge >= 0.3 is 6.18 Å². The normalized spacial score (nSPS) is 11.4. The Labute approximate surface area is 113 Å². The summed E-state index contributed by atoms with van der Waals surface area (Å²) < 4.78 is 51.6. The van der Waals surface area contributed by atoms with E-state index in [2.05, 4.69) is 0 Å². The van der Waals surface area contributed by atoms with Gasteiger partial charge in [0.1, 0.15) is 17.4 Å². The fourth-order valence-electron chi connectivity index (χ4n) is 1.75. The smallest absolute Gasteiger partial charge is 0.300 e. The molecular formula is C14H14F4O2. The maximum atomic E-state index is 13.5. The van der Waals surface area contributed by atoms with Crippen LogP contribution in [-0.2, 0) is 22.2 Å². The summed E-state index contributed by atoms with van der Waals surface area (Å²) in [5, 5.41) is 0. The summed E-state index contributed by atoms with van der Waals surface area (Å²) >= 11 is 0. The average molecular weight is 290 g/mol. The van der Waals surface area contributed by atoms with Crippen molar-refractivity contribution in [2.24, 2.45) is 0 Å². The van der Waals surface area contributed by atoms with Crippen LogP contribution in [0, 0.1) is 5.82 Å². The molecule has 0 aliphatic heterocycles. The molecule has 2 nitrogen and oxygen atoms in total.